The maximum Gasteiger partial charge on any atom is 0.249 e. The van der Waals surface area contributed by atoms with Crippen LogP contribution in [0.3, 0.4) is 0 Å². The third kappa shape index (κ3) is 2.00. The van der Waals surface area contributed by atoms with Gasteiger partial charge < -0.3 is 5.32 Å². The molecule has 0 saturated carbocycles. The van der Waals surface area contributed by atoms with Crippen molar-refractivity contribution >= 4 is 5.91 Å². The van der Waals surface area contributed by atoms with Gasteiger partial charge in [0.15, 0.2) is 0 Å². The number of nitrogens with one attached hydrogen (secondary N) is 2. The summed E-state index contributed by atoms with van der Waals surface area (Å²) < 4.78 is 0. The highest BCUT2D eigenvalue weighted by Gasteiger charge is 2.39. The van der Waals surface area contributed by atoms with Crippen LogP contribution in [0, 0.1) is 5.41 Å². The average molecular weight is 186 g/mol. The summed E-state index contributed by atoms with van der Waals surface area (Å²) >= 11 is 0. The molecule has 1 aliphatic rings. The summed E-state index contributed by atoms with van der Waals surface area (Å²) in [5.74, 6) is -0.233. The molecule has 76 valence electrons. The smallest absolute Gasteiger partial charge is 0.249 e. The molecule has 3 N–H and O–H groups in total. The predicted molar refractivity (Wildman–Crippen MR) is 49.4 cm³/mol. The SMILES string of the molecule is CCC1(C(=O)NO)CCN[C@@H](C)C1. The summed E-state index contributed by atoms with van der Waals surface area (Å²) in [5.41, 5.74) is 1.42. The first kappa shape index (κ1) is 10.5. The van der Waals surface area contributed by atoms with Crippen LogP contribution in [0.4, 0.5) is 0 Å². The van der Waals surface area contributed by atoms with Crippen molar-refractivity contribution in [3.05, 3.63) is 0 Å². The van der Waals surface area contributed by atoms with Crippen LogP contribution in [-0.2, 0) is 4.79 Å². The lowest BCUT2D eigenvalue weighted by Gasteiger charge is -2.37. The summed E-state index contributed by atoms with van der Waals surface area (Å²) in [6, 6.07) is 0.353. The Morgan fingerprint density at radius 1 is 1.77 bits per heavy atom. The second-order valence-corrected chi connectivity index (χ2v) is 3.88. The molecule has 1 aliphatic heterocycles. The molecule has 0 aromatic carbocycles. The number of hydrogen-bond donors (Lipinski definition) is 3. The van der Waals surface area contributed by atoms with Gasteiger partial charge in [0.25, 0.3) is 0 Å². The minimum atomic E-state index is -0.362. The van der Waals surface area contributed by atoms with Crippen molar-refractivity contribution in [2.45, 2.75) is 39.2 Å². The van der Waals surface area contributed by atoms with E-state index < -0.39 is 0 Å². The molecule has 1 saturated heterocycles. The lowest BCUT2D eigenvalue weighted by Crippen LogP contribution is -2.49. The second-order valence-electron chi connectivity index (χ2n) is 3.88. The molecule has 4 heteroatoms. The van der Waals surface area contributed by atoms with Crippen molar-refractivity contribution in [1.29, 1.82) is 0 Å². The largest absolute Gasteiger partial charge is 0.314 e. The minimum Gasteiger partial charge on any atom is -0.314 e. The van der Waals surface area contributed by atoms with Crippen molar-refractivity contribution in [2.24, 2.45) is 5.41 Å². The molecule has 1 fully saturated rings. The first-order chi connectivity index (χ1) is 6.14. The van der Waals surface area contributed by atoms with Crippen molar-refractivity contribution in [3.63, 3.8) is 0 Å². The van der Waals surface area contributed by atoms with Crippen molar-refractivity contribution in [1.82, 2.24) is 10.8 Å². The van der Waals surface area contributed by atoms with Crippen LogP contribution >= 0.6 is 0 Å². The van der Waals surface area contributed by atoms with Gasteiger partial charge in [-0.3, -0.25) is 10.0 Å². The highest BCUT2D eigenvalue weighted by Crippen LogP contribution is 2.34. The first-order valence-corrected chi connectivity index (χ1v) is 4.82. The summed E-state index contributed by atoms with van der Waals surface area (Å²) in [6.07, 6.45) is 2.39. The summed E-state index contributed by atoms with van der Waals surface area (Å²) in [6.45, 7) is 4.91. The summed E-state index contributed by atoms with van der Waals surface area (Å²) in [4.78, 5) is 11.5. The third-order valence-corrected chi connectivity index (χ3v) is 3.05. The van der Waals surface area contributed by atoms with Crippen molar-refractivity contribution in [2.75, 3.05) is 6.54 Å². The van der Waals surface area contributed by atoms with Gasteiger partial charge in [-0.1, -0.05) is 6.92 Å². The van der Waals surface area contributed by atoms with Crippen LogP contribution in [-0.4, -0.2) is 23.7 Å². The van der Waals surface area contributed by atoms with Gasteiger partial charge in [-0.2, -0.15) is 0 Å². The molecule has 4 nitrogen and oxygen atoms in total. The monoisotopic (exact) mass is 186 g/mol. The Morgan fingerprint density at radius 3 is 2.92 bits per heavy atom. The van der Waals surface area contributed by atoms with E-state index in [4.69, 9.17) is 5.21 Å². The van der Waals surface area contributed by atoms with Gasteiger partial charge in [0.1, 0.15) is 0 Å². The van der Waals surface area contributed by atoms with Gasteiger partial charge >= 0.3 is 0 Å². The van der Waals surface area contributed by atoms with Gasteiger partial charge in [0.05, 0.1) is 5.41 Å². The number of piperidine rings is 1. The van der Waals surface area contributed by atoms with Crippen molar-refractivity contribution in [3.8, 4) is 0 Å². The number of hydrogen-bond acceptors (Lipinski definition) is 3. The zero-order chi connectivity index (χ0) is 9.90. The average Bonchev–Trinajstić information content (AvgIpc) is 2.16. The van der Waals surface area contributed by atoms with E-state index in [0.29, 0.717) is 6.04 Å². The Morgan fingerprint density at radius 2 is 2.46 bits per heavy atom. The number of carbonyl (C=O) groups is 1. The maximum atomic E-state index is 11.5. The van der Waals surface area contributed by atoms with Crippen LogP contribution in [0.25, 0.3) is 0 Å². The fraction of sp³-hybridized carbons (Fsp3) is 0.889. The van der Waals surface area contributed by atoms with Crippen LogP contribution < -0.4 is 10.8 Å². The molecule has 1 heterocycles. The van der Waals surface area contributed by atoms with E-state index in [9.17, 15) is 4.79 Å². The van der Waals surface area contributed by atoms with Crippen LogP contribution in [0.2, 0.25) is 0 Å². The molecule has 13 heavy (non-hydrogen) atoms. The van der Waals surface area contributed by atoms with E-state index in [0.717, 1.165) is 25.8 Å². The zero-order valence-electron chi connectivity index (χ0n) is 8.26. The Labute approximate surface area is 78.7 Å². The number of rotatable bonds is 2. The fourth-order valence-corrected chi connectivity index (χ4v) is 2.12. The van der Waals surface area contributed by atoms with E-state index in [1.54, 1.807) is 5.48 Å². The van der Waals surface area contributed by atoms with E-state index in [-0.39, 0.29) is 11.3 Å². The highest BCUT2D eigenvalue weighted by atomic mass is 16.5. The predicted octanol–water partition coefficient (Wildman–Crippen LogP) is 0.660. The van der Waals surface area contributed by atoms with Gasteiger partial charge in [-0.25, -0.2) is 5.48 Å². The topological polar surface area (TPSA) is 61.4 Å². The Bertz CT molecular complexity index is 196. The van der Waals surface area contributed by atoms with Gasteiger partial charge in [0.2, 0.25) is 5.91 Å². The summed E-state index contributed by atoms with van der Waals surface area (Å²) in [7, 11) is 0. The van der Waals surface area contributed by atoms with Crippen molar-refractivity contribution < 1.29 is 10.0 Å². The second kappa shape index (κ2) is 4.07. The molecule has 0 bridgehead atoms. The number of carbonyl (C=O) groups excluding carboxylic acids is 1. The van der Waals surface area contributed by atoms with Gasteiger partial charge in [-0.15, -0.1) is 0 Å². The van der Waals surface area contributed by atoms with E-state index in [1.807, 2.05) is 6.92 Å². The summed E-state index contributed by atoms with van der Waals surface area (Å²) in [5, 5.41) is 11.9. The Balaban J connectivity index is 2.73. The minimum absolute atomic E-state index is 0.233. The molecule has 1 amide bonds. The molecule has 1 rings (SSSR count). The van der Waals surface area contributed by atoms with E-state index >= 15 is 0 Å². The molecule has 0 aliphatic carbocycles. The van der Waals surface area contributed by atoms with Gasteiger partial charge in [-0.05, 0) is 32.7 Å². The lowest BCUT2D eigenvalue weighted by atomic mass is 9.73. The lowest BCUT2D eigenvalue weighted by molar-refractivity contribution is -0.142. The maximum absolute atomic E-state index is 11.5. The molecule has 1 unspecified atom stereocenters. The van der Waals surface area contributed by atoms with E-state index in [1.165, 1.54) is 0 Å². The normalized spacial score (nSPS) is 34.2. The molecule has 2 atom stereocenters. The zero-order valence-corrected chi connectivity index (χ0v) is 8.26. The fourth-order valence-electron chi connectivity index (χ4n) is 2.12. The van der Waals surface area contributed by atoms with Crippen LogP contribution in [0.5, 0.6) is 0 Å². The number of amides is 1. The molecule has 0 spiro atoms. The molecular weight excluding hydrogens is 168 g/mol. The molecule has 0 radical (unpaired) electrons. The molecule has 0 aromatic rings. The van der Waals surface area contributed by atoms with E-state index in [2.05, 4.69) is 12.2 Å². The standard InChI is InChI=1S/C9H18N2O2/c1-3-9(8(12)11-13)4-5-10-7(2)6-9/h7,10,13H,3-6H2,1-2H3,(H,11,12)/t7-,9?/m0/s1. The van der Waals surface area contributed by atoms with Gasteiger partial charge in [0, 0.05) is 6.04 Å². The Hall–Kier alpha value is -0.610. The number of hydroxylamine groups is 1. The quantitative estimate of drug-likeness (QED) is 0.438. The van der Waals surface area contributed by atoms with Crippen LogP contribution in [0.1, 0.15) is 33.1 Å². The molecule has 0 aromatic heterocycles. The first-order valence-electron chi connectivity index (χ1n) is 4.82. The third-order valence-electron chi connectivity index (χ3n) is 3.05. The van der Waals surface area contributed by atoms with Crippen LogP contribution in [0.15, 0.2) is 0 Å². The Kier molecular flexibility index (Phi) is 3.27. The molecular formula is C9H18N2O2. The highest BCUT2D eigenvalue weighted by molar-refractivity contribution is 5.81.